The molecule has 258 valence electrons. The summed E-state index contributed by atoms with van der Waals surface area (Å²) in [5.41, 5.74) is 3.97. The van der Waals surface area contributed by atoms with Crippen molar-refractivity contribution in [2.24, 2.45) is 0 Å². The Bertz CT molecular complexity index is 2010. The van der Waals surface area contributed by atoms with Crippen molar-refractivity contribution < 1.29 is 19.2 Å². The van der Waals surface area contributed by atoms with Crippen LogP contribution >= 0.6 is 38.9 Å². The predicted octanol–water partition coefficient (Wildman–Crippen LogP) is 5.04. The van der Waals surface area contributed by atoms with Crippen LogP contribution < -0.4 is 20.9 Å². The number of piperazine rings is 1. The fraction of sp³-hybridized carbons (Fsp3) is 0.324. The third-order valence-corrected chi connectivity index (χ3v) is 11.3. The predicted molar refractivity (Wildman–Crippen MR) is 194 cm³/mol. The van der Waals surface area contributed by atoms with Crippen LogP contribution in [-0.2, 0) is 22.7 Å². The number of hydrogen-bond donors (Lipinski definition) is 3. The number of amides is 4. The summed E-state index contributed by atoms with van der Waals surface area (Å²) in [4.78, 5) is 70.4. The molecule has 3 aliphatic heterocycles. The second kappa shape index (κ2) is 14.1. The number of piperidine rings is 1. The molecule has 5 heterocycles. The molecule has 1 unspecified atom stereocenters. The van der Waals surface area contributed by atoms with E-state index in [1.807, 2.05) is 44.2 Å². The summed E-state index contributed by atoms with van der Waals surface area (Å²) in [6.07, 6.45) is 2.08. The van der Waals surface area contributed by atoms with E-state index >= 15 is 0 Å². The average molecular weight is 779 g/mol. The van der Waals surface area contributed by atoms with Crippen molar-refractivity contribution >= 4 is 85.0 Å². The molecule has 50 heavy (non-hydrogen) atoms. The minimum absolute atomic E-state index is 0.186. The van der Waals surface area contributed by atoms with Crippen LogP contribution in [0, 0.1) is 13.8 Å². The largest absolute Gasteiger partial charge is 0.354 e. The van der Waals surface area contributed by atoms with Gasteiger partial charge in [0.05, 0.1) is 16.9 Å². The first-order valence-corrected chi connectivity index (χ1v) is 18.1. The van der Waals surface area contributed by atoms with E-state index in [0.29, 0.717) is 57.4 Å². The molecule has 13 nitrogen and oxygen atoms in total. The molecule has 0 aliphatic carbocycles. The van der Waals surface area contributed by atoms with Crippen molar-refractivity contribution in [3.63, 3.8) is 0 Å². The molecule has 0 bridgehead atoms. The van der Waals surface area contributed by atoms with Crippen LogP contribution in [0.5, 0.6) is 0 Å². The summed E-state index contributed by atoms with van der Waals surface area (Å²) in [6.45, 7) is 7.85. The monoisotopic (exact) mass is 777 g/mol. The van der Waals surface area contributed by atoms with E-state index in [-0.39, 0.29) is 24.1 Å². The van der Waals surface area contributed by atoms with Gasteiger partial charge in [0.15, 0.2) is 5.13 Å². The highest BCUT2D eigenvalue weighted by molar-refractivity contribution is 9.10. The highest BCUT2D eigenvalue weighted by Crippen LogP contribution is 2.35. The fourth-order valence-electron chi connectivity index (χ4n) is 6.44. The van der Waals surface area contributed by atoms with Crippen molar-refractivity contribution in [2.45, 2.75) is 45.8 Å². The number of rotatable bonds is 8. The van der Waals surface area contributed by atoms with Crippen LogP contribution in [0.1, 0.15) is 55.4 Å². The number of benzene rings is 2. The van der Waals surface area contributed by atoms with E-state index in [9.17, 15) is 19.2 Å². The van der Waals surface area contributed by atoms with E-state index in [2.05, 4.69) is 51.6 Å². The molecule has 4 aromatic rings. The summed E-state index contributed by atoms with van der Waals surface area (Å²) in [6, 6.07) is 10.5. The van der Waals surface area contributed by atoms with Crippen molar-refractivity contribution in [1.82, 2.24) is 30.1 Å². The zero-order valence-electron chi connectivity index (χ0n) is 27.3. The maximum atomic E-state index is 13.2. The number of aryl methyl sites for hydroxylation is 2. The van der Waals surface area contributed by atoms with E-state index in [4.69, 9.17) is 16.6 Å². The van der Waals surface area contributed by atoms with Crippen LogP contribution in [0.15, 0.2) is 47.1 Å². The van der Waals surface area contributed by atoms with Gasteiger partial charge in [0.2, 0.25) is 11.8 Å². The maximum Gasteiger partial charge on any atom is 0.267 e. The Labute approximate surface area is 305 Å². The van der Waals surface area contributed by atoms with Gasteiger partial charge in [0, 0.05) is 61.8 Å². The van der Waals surface area contributed by atoms with Crippen molar-refractivity contribution in [3.8, 4) is 0 Å². The van der Waals surface area contributed by atoms with E-state index in [1.54, 1.807) is 11.0 Å². The molecule has 2 aromatic heterocycles. The Morgan fingerprint density at radius 2 is 1.90 bits per heavy atom. The number of aromatic nitrogens is 3. The van der Waals surface area contributed by atoms with Crippen LogP contribution in [0.25, 0.3) is 0 Å². The van der Waals surface area contributed by atoms with Gasteiger partial charge in [0.1, 0.15) is 28.4 Å². The average Bonchev–Trinajstić information content (AvgIpc) is 3.69. The molecule has 4 amide bonds. The lowest BCUT2D eigenvalue weighted by molar-refractivity contribution is -0.136. The SMILES string of the molecule is Cc1nc(Nc2ncc(C(=O)Nc3c(C)cccc3Cl)s2)cc(N2CCN(Cc3ccc4c(c3Br)CN(C3CCC(=O)NC3=O)C4=O)CC2)n1. The molecule has 3 aliphatic rings. The second-order valence-electron chi connectivity index (χ2n) is 12.4. The van der Waals surface area contributed by atoms with Gasteiger partial charge < -0.3 is 20.4 Å². The van der Waals surface area contributed by atoms with Crippen molar-refractivity contribution in [3.05, 3.63) is 85.0 Å². The second-order valence-corrected chi connectivity index (χ2v) is 14.7. The summed E-state index contributed by atoms with van der Waals surface area (Å²) in [7, 11) is 0. The summed E-state index contributed by atoms with van der Waals surface area (Å²) in [5, 5.41) is 9.47. The molecular weight excluding hydrogens is 746 g/mol. The molecule has 16 heteroatoms. The molecule has 2 fully saturated rings. The number of nitrogens with zero attached hydrogens (tertiary/aromatic N) is 6. The van der Waals surface area contributed by atoms with Gasteiger partial charge in [-0.1, -0.05) is 57.1 Å². The van der Waals surface area contributed by atoms with E-state index in [1.165, 1.54) is 17.5 Å². The molecule has 2 saturated heterocycles. The first-order chi connectivity index (χ1) is 24.0. The minimum Gasteiger partial charge on any atom is -0.354 e. The third-order valence-electron chi connectivity index (χ3n) is 9.07. The number of thiazole rings is 1. The number of carbonyl (C=O) groups is 4. The van der Waals surface area contributed by atoms with Gasteiger partial charge in [-0.25, -0.2) is 15.0 Å². The number of carbonyl (C=O) groups excluding carboxylic acids is 4. The molecule has 0 radical (unpaired) electrons. The standard InChI is InChI=1S/C34H33BrClN9O4S/c1-18-4-3-5-23(36)30(18)42-32(48)25-15-37-34(50-25)40-26-14-27(39-19(2)38-26)44-12-10-43(11-13-44)16-20-6-7-21-22(29(20)35)17-45(33(21)49)24-8-9-28(46)41-31(24)47/h3-7,14-15,24H,8-13,16-17H2,1-2H3,(H,42,48)(H,41,46,47)(H,37,38,39,40). The number of fused-ring (bicyclic) bond motifs is 1. The zero-order chi connectivity index (χ0) is 35.1. The molecular formula is C34H33BrClN9O4S. The van der Waals surface area contributed by atoms with E-state index < -0.39 is 11.9 Å². The highest BCUT2D eigenvalue weighted by atomic mass is 79.9. The van der Waals surface area contributed by atoms with Gasteiger partial charge in [0.25, 0.3) is 11.8 Å². The van der Waals surface area contributed by atoms with Crippen LogP contribution in [0.3, 0.4) is 0 Å². The Hall–Kier alpha value is -4.44. The highest BCUT2D eigenvalue weighted by Gasteiger charge is 2.40. The summed E-state index contributed by atoms with van der Waals surface area (Å²) in [5.74, 6) is 0.797. The number of imide groups is 1. The molecule has 0 saturated carbocycles. The minimum atomic E-state index is -0.646. The van der Waals surface area contributed by atoms with Crippen molar-refractivity contribution in [1.29, 1.82) is 0 Å². The first-order valence-electron chi connectivity index (χ1n) is 16.1. The van der Waals surface area contributed by atoms with E-state index in [0.717, 1.165) is 53.2 Å². The third kappa shape index (κ3) is 6.95. The number of anilines is 4. The zero-order valence-corrected chi connectivity index (χ0v) is 30.4. The van der Waals surface area contributed by atoms with Crippen molar-refractivity contribution in [2.75, 3.05) is 41.7 Å². The lowest BCUT2D eigenvalue weighted by Crippen LogP contribution is -2.52. The van der Waals surface area contributed by atoms with Gasteiger partial charge in [-0.05, 0) is 49.1 Å². The van der Waals surface area contributed by atoms with Gasteiger partial charge in [-0.15, -0.1) is 0 Å². The first kappa shape index (κ1) is 34.0. The molecule has 2 aromatic carbocycles. The van der Waals surface area contributed by atoms with Gasteiger partial charge in [-0.2, -0.15) is 0 Å². The lowest BCUT2D eigenvalue weighted by atomic mass is 10.0. The van der Waals surface area contributed by atoms with Gasteiger partial charge >= 0.3 is 0 Å². The quantitative estimate of drug-likeness (QED) is 0.208. The van der Waals surface area contributed by atoms with Gasteiger partial charge in [-0.3, -0.25) is 29.4 Å². The topological polar surface area (TPSA) is 153 Å². The lowest BCUT2D eigenvalue weighted by Gasteiger charge is -2.35. The Balaban J connectivity index is 0.962. The smallest absolute Gasteiger partial charge is 0.267 e. The van der Waals surface area contributed by atoms with Crippen LogP contribution in [-0.4, -0.2) is 80.6 Å². The Morgan fingerprint density at radius 3 is 2.66 bits per heavy atom. The molecule has 3 N–H and O–H groups in total. The van der Waals surface area contributed by atoms with Crippen LogP contribution in [0.2, 0.25) is 5.02 Å². The summed E-state index contributed by atoms with van der Waals surface area (Å²) >= 11 is 11.3. The Morgan fingerprint density at radius 1 is 1.10 bits per heavy atom. The number of para-hydroxylation sites is 1. The number of hydrogen-bond acceptors (Lipinski definition) is 11. The molecule has 0 spiro atoms. The normalized spacial score (nSPS) is 17.9. The van der Waals surface area contributed by atoms with Crippen LogP contribution in [0.4, 0.5) is 22.5 Å². The Kier molecular flexibility index (Phi) is 9.57. The maximum absolute atomic E-state index is 13.2. The summed E-state index contributed by atoms with van der Waals surface area (Å²) < 4.78 is 0.879. The number of nitrogens with one attached hydrogen (secondary N) is 3. The molecule has 1 atom stereocenters. The molecule has 7 rings (SSSR count). The fourth-order valence-corrected chi connectivity index (χ4v) is 8.02. The number of halogens is 2.